The van der Waals surface area contributed by atoms with Crippen molar-refractivity contribution in [1.82, 2.24) is 10.2 Å². The van der Waals surface area contributed by atoms with Crippen molar-refractivity contribution in [2.45, 2.75) is 45.8 Å². The highest BCUT2D eigenvalue weighted by atomic mass is 79.9. The fourth-order valence-corrected chi connectivity index (χ4v) is 2.88. The van der Waals surface area contributed by atoms with Crippen LogP contribution in [0.4, 0.5) is 0 Å². The van der Waals surface area contributed by atoms with Crippen LogP contribution in [0.25, 0.3) is 0 Å². The van der Waals surface area contributed by atoms with Crippen molar-refractivity contribution < 1.29 is 9.59 Å². The Labute approximate surface area is 134 Å². The number of carbonyl (C=O) groups is 2. The molecule has 1 aliphatic rings. The van der Waals surface area contributed by atoms with E-state index >= 15 is 0 Å². The van der Waals surface area contributed by atoms with Crippen LogP contribution in [-0.4, -0.2) is 28.8 Å². The normalized spacial score (nSPS) is 22.6. The summed E-state index contributed by atoms with van der Waals surface area (Å²) in [5.74, 6) is 0.0546. The van der Waals surface area contributed by atoms with Gasteiger partial charge in [-0.05, 0) is 30.0 Å². The standard InChI is InChI=1S/C16H21BrN2O2/c1-4-13-15(20)18-14(10(2)3)16(21)19(13)9-11-5-7-12(17)8-6-11/h5-8,10,13-14H,4,9H2,1-3H3,(H,18,20). The molecule has 1 N–H and O–H groups in total. The summed E-state index contributed by atoms with van der Waals surface area (Å²) in [6.07, 6.45) is 0.624. The third-order valence-electron chi connectivity index (χ3n) is 3.85. The Hall–Kier alpha value is -1.36. The molecule has 2 unspecified atom stereocenters. The number of carbonyl (C=O) groups excluding carboxylic acids is 2. The molecule has 1 heterocycles. The molecule has 2 rings (SSSR count). The van der Waals surface area contributed by atoms with Gasteiger partial charge in [0, 0.05) is 11.0 Å². The number of amides is 2. The smallest absolute Gasteiger partial charge is 0.246 e. The van der Waals surface area contributed by atoms with Gasteiger partial charge in [-0.3, -0.25) is 9.59 Å². The van der Waals surface area contributed by atoms with Gasteiger partial charge in [0.25, 0.3) is 0 Å². The average Bonchev–Trinajstić information content (AvgIpc) is 2.44. The highest BCUT2D eigenvalue weighted by Gasteiger charge is 2.40. The average molecular weight is 353 g/mol. The number of hydrogen-bond acceptors (Lipinski definition) is 2. The lowest BCUT2D eigenvalue weighted by molar-refractivity contribution is -0.151. The number of benzene rings is 1. The first-order chi connectivity index (χ1) is 9.93. The van der Waals surface area contributed by atoms with Crippen LogP contribution in [0, 0.1) is 5.92 Å². The van der Waals surface area contributed by atoms with Crippen LogP contribution in [0.2, 0.25) is 0 Å². The Bertz CT molecular complexity index is 528. The molecule has 1 saturated heterocycles. The van der Waals surface area contributed by atoms with Crippen LogP contribution in [-0.2, 0) is 16.1 Å². The Morgan fingerprint density at radius 2 is 1.86 bits per heavy atom. The van der Waals surface area contributed by atoms with Crippen molar-refractivity contribution in [3.05, 3.63) is 34.3 Å². The van der Waals surface area contributed by atoms with E-state index in [-0.39, 0.29) is 23.8 Å². The largest absolute Gasteiger partial charge is 0.342 e. The molecule has 114 valence electrons. The van der Waals surface area contributed by atoms with E-state index in [1.54, 1.807) is 4.90 Å². The van der Waals surface area contributed by atoms with Crippen molar-refractivity contribution in [1.29, 1.82) is 0 Å². The summed E-state index contributed by atoms with van der Waals surface area (Å²) in [6.45, 7) is 6.31. The van der Waals surface area contributed by atoms with Gasteiger partial charge in [0.1, 0.15) is 12.1 Å². The Morgan fingerprint density at radius 1 is 1.24 bits per heavy atom. The second-order valence-electron chi connectivity index (χ2n) is 5.75. The molecule has 0 bridgehead atoms. The van der Waals surface area contributed by atoms with Gasteiger partial charge in [0.2, 0.25) is 11.8 Å². The molecule has 1 aromatic carbocycles. The van der Waals surface area contributed by atoms with Crippen molar-refractivity contribution in [2.24, 2.45) is 5.92 Å². The molecule has 0 aliphatic carbocycles. The van der Waals surface area contributed by atoms with E-state index in [1.165, 1.54) is 0 Å². The molecule has 0 saturated carbocycles. The molecule has 1 aromatic rings. The third-order valence-corrected chi connectivity index (χ3v) is 4.37. The SMILES string of the molecule is CCC1C(=O)NC(C(C)C)C(=O)N1Cc1ccc(Br)cc1. The highest BCUT2D eigenvalue weighted by Crippen LogP contribution is 2.21. The first kappa shape index (κ1) is 16.0. The number of piperazine rings is 1. The van der Waals surface area contributed by atoms with Gasteiger partial charge in [-0.15, -0.1) is 0 Å². The van der Waals surface area contributed by atoms with Crippen LogP contribution >= 0.6 is 15.9 Å². The van der Waals surface area contributed by atoms with Crippen molar-refractivity contribution in [2.75, 3.05) is 0 Å². The summed E-state index contributed by atoms with van der Waals surface area (Å²) in [5, 5.41) is 2.85. The zero-order valence-electron chi connectivity index (χ0n) is 12.6. The number of halogens is 1. The first-order valence-corrected chi connectivity index (χ1v) is 8.08. The summed E-state index contributed by atoms with van der Waals surface area (Å²) >= 11 is 3.40. The minimum Gasteiger partial charge on any atom is -0.342 e. The summed E-state index contributed by atoms with van der Waals surface area (Å²) in [5.41, 5.74) is 1.03. The fourth-order valence-electron chi connectivity index (χ4n) is 2.62. The van der Waals surface area contributed by atoms with E-state index in [0.717, 1.165) is 10.0 Å². The lowest BCUT2D eigenvalue weighted by Gasteiger charge is -2.40. The lowest BCUT2D eigenvalue weighted by Crippen LogP contribution is -2.64. The van der Waals surface area contributed by atoms with Crippen LogP contribution in [0.3, 0.4) is 0 Å². The Balaban J connectivity index is 2.25. The highest BCUT2D eigenvalue weighted by molar-refractivity contribution is 9.10. The van der Waals surface area contributed by atoms with Gasteiger partial charge >= 0.3 is 0 Å². The van der Waals surface area contributed by atoms with E-state index in [1.807, 2.05) is 45.0 Å². The number of nitrogens with one attached hydrogen (secondary N) is 1. The van der Waals surface area contributed by atoms with Crippen LogP contribution in [0.5, 0.6) is 0 Å². The second-order valence-corrected chi connectivity index (χ2v) is 6.66. The minimum atomic E-state index is -0.421. The van der Waals surface area contributed by atoms with Crippen LogP contribution in [0.15, 0.2) is 28.7 Å². The van der Waals surface area contributed by atoms with Gasteiger partial charge in [-0.2, -0.15) is 0 Å². The molecule has 5 heteroatoms. The summed E-state index contributed by atoms with van der Waals surface area (Å²) < 4.78 is 1.00. The molecule has 1 fully saturated rings. The topological polar surface area (TPSA) is 49.4 Å². The van der Waals surface area contributed by atoms with E-state index in [4.69, 9.17) is 0 Å². The van der Waals surface area contributed by atoms with Crippen molar-refractivity contribution in [3.63, 3.8) is 0 Å². The van der Waals surface area contributed by atoms with Gasteiger partial charge in [-0.1, -0.05) is 48.8 Å². The zero-order valence-corrected chi connectivity index (χ0v) is 14.2. The predicted molar refractivity (Wildman–Crippen MR) is 85.5 cm³/mol. The van der Waals surface area contributed by atoms with Crippen molar-refractivity contribution in [3.8, 4) is 0 Å². The van der Waals surface area contributed by atoms with E-state index in [0.29, 0.717) is 13.0 Å². The van der Waals surface area contributed by atoms with Crippen LogP contribution < -0.4 is 5.32 Å². The van der Waals surface area contributed by atoms with E-state index < -0.39 is 6.04 Å². The maximum absolute atomic E-state index is 12.7. The molecule has 1 aliphatic heterocycles. The van der Waals surface area contributed by atoms with Gasteiger partial charge in [0.05, 0.1) is 0 Å². The quantitative estimate of drug-likeness (QED) is 0.905. The molecule has 2 atom stereocenters. The predicted octanol–water partition coefficient (Wildman–Crippen LogP) is 2.71. The first-order valence-electron chi connectivity index (χ1n) is 7.29. The molecule has 0 radical (unpaired) electrons. The van der Waals surface area contributed by atoms with Crippen LogP contribution in [0.1, 0.15) is 32.8 Å². The molecule has 21 heavy (non-hydrogen) atoms. The summed E-state index contributed by atoms with van der Waals surface area (Å²) in [4.78, 5) is 26.6. The maximum atomic E-state index is 12.7. The zero-order chi connectivity index (χ0) is 15.6. The van der Waals surface area contributed by atoms with Gasteiger partial charge in [0.15, 0.2) is 0 Å². The molecular formula is C16H21BrN2O2. The number of hydrogen-bond donors (Lipinski definition) is 1. The summed E-state index contributed by atoms with van der Waals surface area (Å²) in [6, 6.07) is 7.05. The molecule has 4 nitrogen and oxygen atoms in total. The Kier molecular flexibility index (Phi) is 5.04. The number of nitrogens with zero attached hydrogens (tertiary/aromatic N) is 1. The molecule has 0 spiro atoms. The second kappa shape index (κ2) is 6.60. The minimum absolute atomic E-state index is 0.0133. The molecule has 2 amide bonds. The number of rotatable bonds is 4. The van der Waals surface area contributed by atoms with Gasteiger partial charge in [-0.25, -0.2) is 0 Å². The summed E-state index contributed by atoms with van der Waals surface area (Å²) in [7, 11) is 0. The lowest BCUT2D eigenvalue weighted by atomic mass is 9.96. The van der Waals surface area contributed by atoms with Gasteiger partial charge < -0.3 is 10.2 Å². The van der Waals surface area contributed by atoms with Crippen molar-refractivity contribution >= 4 is 27.7 Å². The molecule has 0 aromatic heterocycles. The third kappa shape index (κ3) is 3.46. The Morgan fingerprint density at radius 3 is 2.38 bits per heavy atom. The monoisotopic (exact) mass is 352 g/mol. The molecular weight excluding hydrogens is 332 g/mol. The van der Waals surface area contributed by atoms with E-state index in [2.05, 4.69) is 21.2 Å². The van der Waals surface area contributed by atoms with E-state index in [9.17, 15) is 9.59 Å². The fraction of sp³-hybridized carbons (Fsp3) is 0.500. The maximum Gasteiger partial charge on any atom is 0.246 e.